The van der Waals surface area contributed by atoms with Crippen LogP contribution in [-0.2, 0) is 6.54 Å². The number of hydrogen-bond acceptors (Lipinski definition) is 6. The Morgan fingerprint density at radius 1 is 1.33 bits per heavy atom. The highest BCUT2D eigenvalue weighted by molar-refractivity contribution is 7.07. The third-order valence-corrected chi connectivity index (χ3v) is 3.49. The molecule has 0 bridgehead atoms. The molecule has 7 heteroatoms. The first kappa shape index (κ1) is 15.6. The first-order chi connectivity index (χ1) is 10.2. The molecule has 0 radical (unpaired) electrons. The summed E-state index contributed by atoms with van der Waals surface area (Å²) in [6, 6.07) is 7.17. The zero-order valence-corrected chi connectivity index (χ0v) is 12.5. The maximum absolute atomic E-state index is 10.9. The second kappa shape index (κ2) is 7.82. The molecule has 0 saturated carbocycles. The van der Waals surface area contributed by atoms with Gasteiger partial charge < -0.3 is 24.9 Å². The zero-order chi connectivity index (χ0) is 15.1. The van der Waals surface area contributed by atoms with Crippen LogP contribution in [0.1, 0.15) is 5.69 Å². The topological polar surface area (TPSA) is 83.6 Å². The molecule has 6 nitrogen and oxygen atoms in total. The standard InChI is InChI=1S/C14H18N2O4S/c1-19-12-2-4-13(5-3-12)20-8-11(17)7-15-6-10-9-21-14(18)16-10/h2-5,9,11,15,17H,6-8H2,1H3,(H,16,18). The molecule has 2 rings (SSSR count). The van der Waals surface area contributed by atoms with Crippen LogP contribution in [0.25, 0.3) is 0 Å². The number of hydrogen-bond donors (Lipinski definition) is 3. The molecule has 114 valence electrons. The Labute approximate surface area is 126 Å². The highest BCUT2D eigenvalue weighted by Gasteiger charge is 2.06. The van der Waals surface area contributed by atoms with Gasteiger partial charge in [0.15, 0.2) is 0 Å². The van der Waals surface area contributed by atoms with Crippen molar-refractivity contribution >= 4 is 11.3 Å². The molecule has 1 aromatic heterocycles. The van der Waals surface area contributed by atoms with Crippen LogP contribution in [0.2, 0.25) is 0 Å². The monoisotopic (exact) mass is 310 g/mol. The molecule has 0 fully saturated rings. The normalized spacial score (nSPS) is 12.1. The maximum atomic E-state index is 10.9. The van der Waals surface area contributed by atoms with Crippen LogP contribution in [0, 0.1) is 0 Å². The van der Waals surface area contributed by atoms with Crippen molar-refractivity contribution in [1.82, 2.24) is 10.3 Å². The summed E-state index contributed by atoms with van der Waals surface area (Å²) in [5.41, 5.74) is 0.813. The Bertz CT molecular complexity index is 594. The summed E-state index contributed by atoms with van der Waals surface area (Å²) in [7, 11) is 1.60. The van der Waals surface area contributed by atoms with Crippen LogP contribution in [0.15, 0.2) is 34.4 Å². The molecule has 1 unspecified atom stereocenters. The molecule has 1 aromatic carbocycles. The summed E-state index contributed by atoms with van der Waals surface area (Å²) >= 11 is 1.13. The van der Waals surface area contributed by atoms with Gasteiger partial charge in [0, 0.05) is 24.2 Å². The lowest BCUT2D eigenvalue weighted by Crippen LogP contribution is -2.31. The van der Waals surface area contributed by atoms with Gasteiger partial charge in [-0.15, -0.1) is 0 Å². The Balaban J connectivity index is 1.66. The SMILES string of the molecule is COc1ccc(OCC(O)CNCc2csc(=O)[nH]2)cc1. The number of aliphatic hydroxyl groups excluding tert-OH is 1. The Morgan fingerprint density at radius 3 is 2.67 bits per heavy atom. The highest BCUT2D eigenvalue weighted by atomic mass is 32.1. The van der Waals surface area contributed by atoms with E-state index in [9.17, 15) is 9.90 Å². The minimum atomic E-state index is -0.627. The largest absolute Gasteiger partial charge is 0.497 e. The lowest BCUT2D eigenvalue weighted by atomic mass is 10.3. The Morgan fingerprint density at radius 2 is 2.05 bits per heavy atom. The van der Waals surface area contributed by atoms with Gasteiger partial charge in [-0.3, -0.25) is 4.79 Å². The first-order valence-corrected chi connectivity index (χ1v) is 7.37. The highest BCUT2D eigenvalue weighted by Crippen LogP contribution is 2.16. The van der Waals surface area contributed by atoms with Gasteiger partial charge in [0.1, 0.15) is 24.2 Å². The van der Waals surface area contributed by atoms with Gasteiger partial charge in [-0.25, -0.2) is 0 Å². The molecule has 0 amide bonds. The molecule has 2 aromatic rings. The predicted molar refractivity (Wildman–Crippen MR) is 81.1 cm³/mol. The fraction of sp³-hybridized carbons (Fsp3) is 0.357. The molecule has 0 aliphatic carbocycles. The van der Waals surface area contributed by atoms with Crippen molar-refractivity contribution in [1.29, 1.82) is 0 Å². The van der Waals surface area contributed by atoms with Gasteiger partial charge in [-0.2, -0.15) is 0 Å². The van der Waals surface area contributed by atoms with E-state index in [2.05, 4.69) is 10.3 Å². The number of rotatable bonds is 8. The van der Waals surface area contributed by atoms with Crippen LogP contribution < -0.4 is 19.7 Å². The van der Waals surface area contributed by atoms with E-state index in [0.29, 0.717) is 18.8 Å². The number of H-pyrrole nitrogens is 1. The van der Waals surface area contributed by atoms with Crippen molar-refractivity contribution < 1.29 is 14.6 Å². The number of nitrogens with one attached hydrogen (secondary N) is 2. The summed E-state index contributed by atoms with van der Waals surface area (Å²) in [5.74, 6) is 1.44. The third-order valence-electron chi connectivity index (χ3n) is 2.77. The second-order valence-corrected chi connectivity index (χ2v) is 5.29. The zero-order valence-electron chi connectivity index (χ0n) is 11.7. The number of aromatic nitrogens is 1. The van der Waals surface area contributed by atoms with Crippen molar-refractivity contribution in [3.8, 4) is 11.5 Å². The third kappa shape index (κ3) is 5.22. The fourth-order valence-electron chi connectivity index (χ4n) is 1.70. The number of ether oxygens (including phenoxy) is 2. The summed E-state index contributed by atoms with van der Waals surface area (Å²) in [5, 5.41) is 14.6. The number of aromatic amines is 1. The fourth-order valence-corrected chi connectivity index (χ4v) is 2.28. The molecule has 1 atom stereocenters. The van der Waals surface area contributed by atoms with E-state index in [1.165, 1.54) is 0 Å². The van der Waals surface area contributed by atoms with E-state index in [1.54, 1.807) is 36.8 Å². The lowest BCUT2D eigenvalue weighted by Gasteiger charge is -2.13. The average molecular weight is 310 g/mol. The summed E-state index contributed by atoms with van der Waals surface area (Å²) in [6.07, 6.45) is -0.627. The first-order valence-electron chi connectivity index (χ1n) is 6.49. The van der Waals surface area contributed by atoms with E-state index >= 15 is 0 Å². The number of methoxy groups -OCH3 is 1. The van der Waals surface area contributed by atoms with Crippen LogP contribution in [0.5, 0.6) is 11.5 Å². The van der Waals surface area contributed by atoms with Gasteiger partial charge in [0.25, 0.3) is 0 Å². The molecule has 3 N–H and O–H groups in total. The van der Waals surface area contributed by atoms with Gasteiger partial charge in [0.2, 0.25) is 0 Å². The number of benzene rings is 1. The Kier molecular flexibility index (Phi) is 5.79. The van der Waals surface area contributed by atoms with Crippen molar-refractivity contribution in [2.45, 2.75) is 12.6 Å². The average Bonchev–Trinajstić information content (AvgIpc) is 2.91. The predicted octanol–water partition coefficient (Wildman–Crippen LogP) is 0.974. The molecule has 0 spiro atoms. The molecule has 21 heavy (non-hydrogen) atoms. The lowest BCUT2D eigenvalue weighted by molar-refractivity contribution is 0.106. The minimum absolute atomic E-state index is 0.0739. The Hall–Kier alpha value is -1.83. The van der Waals surface area contributed by atoms with E-state index in [1.807, 2.05) is 0 Å². The summed E-state index contributed by atoms with van der Waals surface area (Å²) < 4.78 is 10.5. The van der Waals surface area contributed by atoms with E-state index in [4.69, 9.17) is 9.47 Å². The van der Waals surface area contributed by atoms with E-state index in [-0.39, 0.29) is 11.5 Å². The summed E-state index contributed by atoms with van der Waals surface area (Å²) in [4.78, 5) is 13.6. The number of aliphatic hydroxyl groups is 1. The van der Waals surface area contributed by atoms with Crippen molar-refractivity contribution in [3.05, 3.63) is 45.0 Å². The molecule has 0 aliphatic rings. The minimum Gasteiger partial charge on any atom is -0.497 e. The maximum Gasteiger partial charge on any atom is 0.304 e. The van der Waals surface area contributed by atoms with Crippen molar-refractivity contribution in [2.75, 3.05) is 20.3 Å². The number of thiazole rings is 1. The van der Waals surface area contributed by atoms with Crippen molar-refractivity contribution in [3.63, 3.8) is 0 Å². The van der Waals surface area contributed by atoms with Crippen LogP contribution >= 0.6 is 11.3 Å². The van der Waals surface area contributed by atoms with Crippen LogP contribution in [0.4, 0.5) is 0 Å². The van der Waals surface area contributed by atoms with Gasteiger partial charge >= 0.3 is 4.87 Å². The van der Waals surface area contributed by atoms with Crippen LogP contribution in [-0.4, -0.2) is 36.5 Å². The molecule has 0 saturated heterocycles. The van der Waals surface area contributed by atoms with E-state index < -0.39 is 6.10 Å². The second-order valence-electron chi connectivity index (χ2n) is 4.44. The molecular weight excluding hydrogens is 292 g/mol. The van der Waals surface area contributed by atoms with Gasteiger partial charge in [-0.1, -0.05) is 11.3 Å². The smallest absolute Gasteiger partial charge is 0.304 e. The summed E-state index contributed by atoms with van der Waals surface area (Å²) in [6.45, 7) is 1.09. The van der Waals surface area contributed by atoms with Gasteiger partial charge in [-0.05, 0) is 24.3 Å². The molecule has 0 aliphatic heterocycles. The molecular formula is C14H18N2O4S. The quantitative estimate of drug-likeness (QED) is 0.677. The van der Waals surface area contributed by atoms with E-state index in [0.717, 1.165) is 22.8 Å². The molecule has 1 heterocycles. The van der Waals surface area contributed by atoms with Crippen LogP contribution in [0.3, 0.4) is 0 Å². The van der Waals surface area contributed by atoms with Crippen molar-refractivity contribution in [2.24, 2.45) is 0 Å². The van der Waals surface area contributed by atoms with Gasteiger partial charge in [0.05, 0.1) is 7.11 Å².